The zero-order valence-corrected chi connectivity index (χ0v) is 30.2. The largest absolute Gasteiger partial charge is 0.0602 e. The fourth-order valence-electron chi connectivity index (χ4n) is 7.06. The van der Waals surface area contributed by atoms with Crippen molar-refractivity contribution in [1.82, 2.24) is 0 Å². The number of hydrogen-bond acceptors (Lipinski definition) is 3. The summed E-state index contributed by atoms with van der Waals surface area (Å²) in [6.45, 7) is 0. The van der Waals surface area contributed by atoms with Gasteiger partial charge in [0, 0.05) is 11.4 Å². The number of benzene rings is 8. The summed E-state index contributed by atoms with van der Waals surface area (Å²) < 4.78 is 2.87. The van der Waals surface area contributed by atoms with E-state index in [1.165, 1.54) is 25.0 Å². The van der Waals surface area contributed by atoms with Gasteiger partial charge in [0.05, 0.1) is 0 Å². The molecule has 3 nitrogen and oxygen atoms in total. The Morgan fingerprint density at radius 1 is 0.269 bits per heavy atom. The summed E-state index contributed by atoms with van der Waals surface area (Å²) in [5.74, 6) is 0. The Bertz CT molecular complexity index is 2530. The molecular weight excluding hydrogens is 698 g/mol. The van der Waals surface area contributed by atoms with Crippen LogP contribution in [0.1, 0.15) is 0 Å². The molecule has 1 aromatic heterocycles. The maximum absolute atomic E-state index is 2.42. The van der Waals surface area contributed by atoms with Gasteiger partial charge in [0.25, 0.3) is 0 Å². The topological polar surface area (TPSA) is 9.72 Å². The number of nitrogens with zero attached hydrogens (tertiary/aromatic N) is 3. The van der Waals surface area contributed by atoms with Crippen LogP contribution in [0.15, 0.2) is 212 Å². The number of fused-ring (bicyclic) bond motifs is 3. The average molecular weight is 733 g/mol. The van der Waals surface area contributed by atoms with Gasteiger partial charge in [0.1, 0.15) is 0 Å². The average Bonchev–Trinajstić information content (AvgIpc) is 3.60. The second kappa shape index (κ2) is 14.1. The van der Waals surface area contributed by atoms with E-state index in [1.54, 1.807) is 0 Å². The van der Waals surface area contributed by atoms with Gasteiger partial charge in [-0.25, -0.2) is 0 Å². The minimum atomic E-state index is 0.220. The third-order valence-corrected chi connectivity index (χ3v) is 11.9. The molecule has 248 valence electrons. The zero-order chi connectivity index (χ0) is 34.7. The molecule has 0 amide bonds. The molecule has 8 aromatic carbocycles. The van der Waals surface area contributed by atoms with Crippen molar-refractivity contribution in [2.24, 2.45) is 0 Å². The minimum absolute atomic E-state index is 0.220. The third kappa shape index (κ3) is 6.05. The maximum Gasteiger partial charge on any atom is -0.0380 e. The van der Waals surface area contributed by atoms with Gasteiger partial charge in [-0.1, -0.05) is 36.4 Å². The Morgan fingerprint density at radius 2 is 0.635 bits per heavy atom. The Kier molecular flexibility index (Phi) is 8.60. The van der Waals surface area contributed by atoms with Crippen molar-refractivity contribution in [3.05, 3.63) is 212 Å². The van der Waals surface area contributed by atoms with E-state index in [0.717, 1.165) is 45.5 Å². The van der Waals surface area contributed by atoms with Crippen LogP contribution >= 0.6 is 0 Å². The molecule has 9 aromatic rings. The molecular formula is C48H35N3Se. The molecule has 0 atom stereocenters. The Morgan fingerprint density at radius 3 is 1.15 bits per heavy atom. The van der Waals surface area contributed by atoms with Crippen molar-refractivity contribution in [2.45, 2.75) is 0 Å². The Labute approximate surface area is 310 Å². The zero-order valence-electron chi connectivity index (χ0n) is 28.5. The van der Waals surface area contributed by atoms with Crippen molar-refractivity contribution < 1.29 is 0 Å². The third-order valence-electron chi connectivity index (χ3n) is 9.39. The first-order valence-corrected chi connectivity index (χ1v) is 19.2. The van der Waals surface area contributed by atoms with E-state index in [0.29, 0.717) is 0 Å². The second-order valence-corrected chi connectivity index (χ2v) is 14.8. The first-order chi connectivity index (χ1) is 25.8. The SMILES string of the molecule is c1ccc(N(c2ccccc2)c2cccc(N(c3ccccc3)c3ccc(N(c4ccccc4)c4cccc5c4[se]c4ccccc45)cc3)c2)cc1. The fraction of sp³-hybridized carbons (Fsp3) is 0. The van der Waals surface area contributed by atoms with Crippen molar-refractivity contribution in [1.29, 1.82) is 0 Å². The molecule has 0 radical (unpaired) electrons. The van der Waals surface area contributed by atoms with E-state index in [1.807, 2.05) is 0 Å². The number of para-hydroxylation sites is 4. The van der Waals surface area contributed by atoms with Gasteiger partial charge in [-0.2, -0.15) is 0 Å². The van der Waals surface area contributed by atoms with Crippen molar-refractivity contribution in [3.8, 4) is 0 Å². The molecule has 0 bridgehead atoms. The van der Waals surface area contributed by atoms with Crippen LogP contribution in [0.3, 0.4) is 0 Å². The van der Waals surface area contributed by atoms with Gasteiger partial charge in [0.15, 0.2) is 0 Å². The van der Waals surface area contributed by atoms with Gasteiger partial charge in [0.2, 0.25) is 0 Å². The minimum Gasteiger partial charge on any atom is -0.0602 e. The molecule has 0 aliphatic carbocycles. The number of anilines is 9. The Balaban J connectivity index is 1.15. The quantitative estimate of drug-likeness (QED) is 0.137. The first-order valence-electron chi connectivity index (χ1n) is 17.5. The van der Waals surface area contributed by atoms with Crippen LogP contribution in [-0.2, 0) is 0 Å². The van der Waals surface area contributed by atoms with Gasteiger partial charge < -0.3 is 0 Å². The molecule has 0 saturated heterocycles. The standard InChI is InChI=1S/C48H35N3Se/c1-5-17-36(18-6-1)49(37-19-7-2-8-20-37)42-25-15-26-43(35-42)50(38-21-9-3-10-22-38)40-31-33-41(34-32-40)51(39-23-11-4-12-24-39)46-29-16-28-45-44-27-13-14-30-47(44)52-48(45)46/h1-35H. The molecule has 0 aliphatic rings. The first kappa shape index (κ1) is 31.6. The van der Waals surface area contributed by atoms with Crippen molar-refractivity contribution in [3.63, 3.8) is 0 Å². The van der Waals surface area contributed by atoms with Crippen LogP contribution < -0.4 is 14.7 Å². The maximum atomic E-state index is 2.42. The van der Waals surface area contributed by atoms with E-state index in [4.69, 9.17) is 0 Å². The van der Waals surface area contributed by atoms with E-state index < -0.39 is 0 Å². The fourth-order valence-corrected chi connectivity index (χ4v) is 9.59. The molecule has 0 saturated carbocycles. The predicted molar refractivity (Wildman–Crippen MR) is 222 cm³/mol. The molecule has 0 aliphatic heterocycles. The van der Waals surface area contributed by atoms with Crippen molar-refractivity contribution in [2.75, 3.05) is 14.7 Å². The molecule has 9 rings (SSSR count). The van der Waals surface area contributed by atoms with Crippen LogP contribution in [-0.4, -0.2) is 14.5 Å². The van der Waals surface area contributed by atoms with Gasteiger partial charge >= 0.3 is 240 Å². The molecule has 0 spiro atoms. The smallest absolute Gasteiger partial charge is 0.0380 e. The summed E-state index contributed by atoms with van der Waals surface area (Å²) in [6, 6.07) is 76.0. The summed E-state index contributed by atoms with van der Waals surface area (Å²) in [4.78, 5) is 7.07. The molecule has 1 heterocycles. The number of rotatable bonds is 9. The normalized spacial score (nSPS) is 11.1. The molecule has 0 fully saturated rings. The van der Waals surface area contributed by atoms with Crippen LogP contribution in [0.25, 0.3) is 19.3 Å². The summed E-state index contributed by atoms with van der Waals surface area (Å²) in [5, 5.41) is 2.71. The summed E-state index contributed by atoms with van der Waals surface area (Å²) in [6.07, 6.45) is 0. The van der Waals surface area contributed by atoms with E-state index in [-0.39, 0.29) is 14.5 Å². The summed E-state index contributed by atoms with van der Waals surface area (Å²) in [5.41, 5.74) is 10.1. The van der Waals surface area contributed by atoms with Crippen LogP contribution in [0.2, 0.25) is 0 Å². The van der Waals surface area contributed by atoms with Crippen LogP contribution in [0.4, 0.5) is 51.2 Å². The van der Waals surface area contributed by atoms with Gasteiger partial charge in [-0.15, -0.1) is 0 Å². The number of hydrogen-bond donors (Lipinski definition) is 0. The van der Waals surface area contributed by atoms with E-state index in [9.17, 15) is 0 Å². The van der Waals surface area contributed by atoms with Gasteiger partial charge in [-0.3, -0.25) is 0 Å². The van der Waals surface area contributed by atoms with E-state index >= 15 is 0 Å². The molecule has 0 unspecified atom stereocenters. The molecule has 4 heteroatoms. The summed E-state index contributed by atoms with van der Waals surface area (Å²) >= 11 is 0.220. The van der Waals surface area contributed by atoms with Crippen LogP contribution in [0.5, 0.6) is 0 Å². The monoisotopic (exact) mass is 733 g/mol. The van der Waals surface area contributed by atoms with Crippen molar-refractivity contribution >= 4 is 85.0 Å². The predicted octanol–water partition coefficient (Wildman–Crippen LogP) is 13.5. The molecule has 52 heavy (non-hydrogen) atoms. The Hall–Kier alpha value is -6.32. The van der Waals surface area contributed by atoms with E-state index in [2.05, 4.69) is 227 Å². The van der Waals surface area contributed by atoms with Crippen LogP contribution in [0, 0.1) is 0 Å². The summed E-state index contributed by atoms with van der Waals surface area (Å²) in [7, 11) is 0. The molecule has 0 N–H and O–H groups in total. The second-order valence-electron chi connectivity index (χ2n) is 12.6. The van der Waals surface area contributed by atoms with Gasteiger partial charge in [-0.05, 0) is 24.3 Å².